The molecule has 0 aromatic heterocycles. The third-order valence-electron chi connectivity index (χ3n) is 3.50. The maximum Gasteiger partial charge on any atom is 0.235 e. The molecule has 0 aliphatic carbocycles. The van der Waals surface area contributed by atoms with E-state index >= 15 is 0 Å². The minimum atomic E-state index is -3.50. The number of rotatable bonds is 6. The van der Waals surface area contributed by atoms with Gasteiger partial charge in [-0.25, -0.2) is 12.8 Å². The third kappa shape index (κ3) is 4.16. The molecule has 0 N–H and O–H groups in total. The molecule has 0 amide bonds. The maximum absolute atomic E-state index is 13.0. The quantitative estimate of drug-likeness (QED) is 0.761. The van der Waals surface area contributed by atoms with E-state index in [1.807, 2.05) is 0 Å². The molecule has 0 heterocycles. The van der Waals surface area contributed by atoms with E-state index in [4.69, 9.17) is 0 Å². The largest absolute Gasteiger partial charge is 0.295 e. The zero-order valence-electron chi connectivity index (χ0n) is 13.0. The molecular formula is C17H18FNO3S. The van der Waals surface area contributed by atoms with Gasteiger partial charge in [0.15, 0.2) is 5.78 Å². The molecule has 0 saturated heterocycles. The van der Waals surface area contributed by atoms with Crippen molar-refractivity contribution in [2.24, 2.45) is 0 Å². The van der Waals surface area contributed by atoms with Crippen molar-refractivity contribution in [3.63, 3.8) is 0 Å². The van der Waals surface area contributed by atoms with E-state index in [1.54, 1.807) is 43.3 Å². The molecule has 0 saturated carbocycles. The van der Waals surface area contributed by atoms with Gasteiger partial charge in [-0.1, -0.05) is 12.1 Å². The van der Waals surface area contributed by atoms with E-state index in [9.17, 15) is 17.6 Å². The van der Waals surface area contributed by atoms with Gasteiger partial charge >= 0.3 is 0 Å². The summed E-state index contributed by atoms with van der Waals surface area (Å²) in [4.78, 5) is 11.3. The first-order valence-electron chi connectivity index (χ1n) is 7.19. The summed E-state index contributed by atoms with van der Waals surface area (Å²) in [5.74, 6) is -0.507. The zero-order chi connectivity index (χ0) is 17.0. The summed E-state index contributed by atoms with van der Waals surface area (Å²) < 4.78 is 39.0. The molecule has 23 heavy (non-hydrogen) atoms. The van der Waals surface area contributed by atoms with Crippen LogP contribution in [0, 0.1) is 5.82 Å². The van der Waals surface area contributed by atoms with Gasteiger partial charge in [0.05, 0.1) is 18.0 Å². The average Bonchev–Trinajstić information content (AvgIpc) is 2.54. The summed E-state index contributed by atoms with van der Waals surface area (Å²) in [5, 5.41) is 0. The number of halogens is 1. The fourth-order valence-corrected chi connectivity index (χ4v) is 3.22. The van der Waals surface area contributed by atoms with Gasteiger partial charge in [-0.2, -0.15) is 0 Å². The Bertz CT molecular complexity index is 784. The lowest BCUT2D eigenvalue weighted by molar-refractivity contribution is 0.101. The highest BCUT2D eigenvalue weighted by atomic mass is 32.2. The van der Waals surface area contributed by atoms with Crippen molar-refractivity contribution < 1.29 is 17.6 Å². The first-order chi connectivity index (χ1) is 10.8. The number of nitrogens with zero attached hydrogens (tertiary/aromatic N) is 1. The molecule has 2 aromatic rings. The predicted octanol–water partition coefficient (Wildman–Crippen LogP) is 3.38. The molecule has 0 atom stereocenters. The number of ketones is 1. The van der Waals surface area contributed by atoms with E-state index in [0.29, 0.717) is 16.8 Å². The third-order valence-corrected chi connectivity index (χ3v) is 5.24. The molecule has 4 nitrogen and oxygen atoms in total. The lowest BCUT2D eigenvalue weighted by Crippen LogP contribution is -2.31. The van der Waals surface area contributed by atoms with Gasteiger partial charge < -0.3 is 0 Å². The van der Waals surface area contributed by atoms with E-state index in [1.165, 1.54) is 23.4 Å². The number of benzene rings is 2. The number of hydrogen-bond acceptors (Lipinski definition) is 3. The second-order valence-electron chi connectivity index (χ2n) is 5.14. The topological polar surface area (TPSA) is 54.5 Å². The Balaban J connectivity index is 2.38. The van der Waals surface area contributed by atoms with Crippen LogP contribution < -0.4 is 4.31 Å². The van der Waals surface area contributed by atoms with Gasteiger partial charge in [-0.3, -0.25) is 9.10 Å². The summed E-state index contributed by atoms with van der Waals surface area (Å²) in [6.07, 6.45) is 0. The molecular weight excluding hydrogens is 317 g/mol. The van der Waals surface area contributed by atoms with Crippen molar-refractivity contribution >= 4 is 21.5 Å². The highest BCUT2D eigenvalue weighted by Crippen LogP contribution is 2.22. The summed E-state index contributed by atoms with van der Waals surface area (Å²) in [7, 11) is -3.50. The SMILES string of the molecule is CCS(=O)(=O)N(Cc1ccc(F)cc1)c1ccc(C(C)=O)cc1. The van der Waals surface area contributed by atoms with Crippen LogP contribution in [0.15, 0.2) is 48.5 Å². The smallest absolute Gasteiger partial charge is 0.235 e. The lowest BCUT2D eigenvalue weighted by Gasteiger charge is -2.24. The fourth-order valence-electron chi connectivity index (χ4n) is 2.12. The maximum atomic E-state index is 13.0. The second-order valence-corrected chi connectivity index (χ2v) is 7.32. The number of carbonyl (C=O) groups is 1. The van der Waals surface area contributed by atoms with Crippen LogP contribution in [-0.2, 0) is 16.6 Å². The number of sulfonamides is 1. The summed E-state index contributed by atoms with van der Waals surface area (Å²) in [5.41, 5.74) is 1.67. The molecule has 122 valence electrons. The highest BCUT2D eigenvalue weighted by Gasteiger charge is 2.21. The van der Waals surface area contributed by atoms with Crippen LogP contribution >= 0.6 is 0 Å². The van der Waals surface area contributed by atoms with Crippen molar-refractivity contribution in [2.75, 3.05) is 10.1 Å². The molecule has 0 fully saturated rings. The van der Waals surface area contributed by atoms with Crippen LogP contribution in [0.25, 0.3) is 0 Å². The number of hydrogen-bond donors (Lipinski definition) is 0. The van der Waals surface area contributed by atoms with Crippen molar-refractivity contribution in [3.8, 4) is 0 Å². The molecule has 0 spiro atoms. The van der Waals surface area contributed by atoms with Crippen molar-refractivity contribution in [1.82, 2.24) is 0 Å². The van der Waals surface area contributed by atoms with Gasteiger partial charge in [0.25, 0.3) is 0 Å². The van der Waals surface area contributed by atoms with Crippen molar-refractivity contribution in [1.29, 1.82) is 0 Å². The van der Waals surface area contributed by atoms with Crippen molar-refractivity contribution in [3.05, 3.63) is 65.5 Å². The number of anilines is 1. The van der Waals surface area contributed by atoms with Gasteiger partial charge in [0.1, 0.15) is 5.82 Å². The molecule has 2 rings (SSSR count). The zero-order valence-corrected chi connectivity index (χ0v) is 13.8. The van der Waals surface area contributed by atoms with Crippen LogP contribution in [0.4, 0.5) is 10.1 Å². The molecule has 0 unspecified atom stereocenters. The minimum Gasteiger partial charge on any atom is -0.295 e. The number of Topliss-reactive ketones (excluding diaryl/α,β-unsaturated/α-hetero) is 1. The Morgan fingerprint density at radius 3 is 2.09 bits per heavy atom. The van der Waals surface area contributed by atoms with E-state index < -0.39 is 10.0 Å². The minimum absolute atomic E-state index is 0.0529. The Kier molecular flexibility index (Phi) is 5.15. The first-order valence-corrected chi connectivity index (χ1v) is 8.80. The summed E-state index contributed by atoms with van der Waals surface area (Å²) in [6, 6.07) is 12.1. The Morgan fingerprint density at radius 1 is 1.04 bits per heavy atom. The van der Waals surface area contributed by atoms with Gasteiger partial charge in [-0.05, 0) is 55.8 Å². The summed E-state index contributed by atoms with van der Waals surface area (Å²) >= 11 is 0. The lowest BCUT2D eigenvalue weighted by atomic mass is 10.1. The average molecular weight is 335 g/mol. The van der Waals surface area contributed by atoms with E-state index in [-0.39, 0.29) is 23.9 Å². The Hall–Kier alpha value is -2.21. The first kappa shape index (κ1) is 17.1. The van der Waals surface area contributed by atoms with Crippen molar-refractivity contribution in [2.45, 2.75) is 20.4 Å². The van der Waals surface area contributed by atoms with E-state index in [0.717, 1.165) is 0 Å². The number of carbonyl (C=O) groups excluding carboxylic acids is 1. The standard InChI is InChI=1S/C17H18FNO3S/c1-3-23(21,22)19(12-14-4-8-16(18)9-5-14)17-10-6-15(7-11-17)13(2)20/h4-11H,3,12H2,1-2H3. The van der Waals surface area contributed by atoms with Crippen LogP contribution in [-0.4, -0.2) is 20.0 Å². The highest BCUT2D eigenvalue weighted by molar-refractivity contribution is 7.92. The van der Waals surface area contributed by atoms with E-state index in [2.05, 4.69) is 0 Å². The van der Waals surface area contributed by atoms with Gasteiger partial charge in [0.2, 0.25) is 10.0 Å². The van der Waals surface area contributed by atoms with Crippen LogP contribution in [0.1, 0.15) is 29.8 Å². The predicted molar refractivity (Wildman–Crippen MR) is 88.5 cm³/mol. The molecule has 6 heteroatoms. The van der Waals surface area contributed by atoms with Crippen LogP contribution in [0.2, 0.25) is 0 Å². The Morgan fingerprint density at radius 2 is 1.61 bits per heavy atom. The molecule has 0 aliphatic heterocycles. The monoisotopic (exact) mass is 335 g/mol. The molecule has 2 aromatic carbocycles. The molecule has 0 bridgehead atoms. The summed E-state index contributed by atoms with van der Waals surface area (Å²) in [6.45, 7) is 3.13. The van der Waals surface area contributed by atoms with Gasteiger partial charge in [0, 0.05) is 5.56 Å². The van der Waals surface area contributed by atoms with Gasteiger partial charge in [-0.15, -0.1) is 0 Å². The normalized spacial score (nSPS) is 11.3. The second kappa shape index (κ2) is 6.91. The molecule has 0 aliphatic rings. The van der Waals surface area contributed by atoms with Crippen LogP contribution in [0.5, 0.6) is 0 Å². The fraction of sp³-hybridized carbons (Fsp3) is 0.235. The molecule has 0 radical (unpaired) electrons. The Labute approximate surface area is 135 Å². The van der Waals surface area contributed by atoms with Crippen LogP contribution in [0.3, 0.4) is 0 Å².